The maximum Gasteiger partial charge on any atom is 0.308 e. The maximum atomic E-state index is 11.6. The van der Waals surface area contributed by atoms with Crippen LogP contribution in [0.5, 0.6) is 0 Å². The summed E-state index contributed by atoms with van der Waals surface area (Å²) in [5.74, 6) is -1.29. The number of aliphatic carboxylic acids is 1. The lowest BCUT2D eigenvalue weighted by atomic mass is 10.0. The van der Waals surface area contributed by atoms with Crippen LogP contribution in [0.25, 0.3) is 0 Å². The fourth-order valence-corrected chi connectivity index (χ4v) is 1.67. The number of rotatable bonds is 5. The molecular formula is C11H19NO3. The minimum absolute atomic E-state index is 0.00690. The molecule has 0 aliphatic heterocycles. The normalized spacial score (nSPS) is 30.7. The summed E-state index contributed by atoms with van der Waals surface area (Å²) in [7, 11) is 0. The van der Waals surface area contributed by atoms with Crippen molar-refractivity contribution in [2.24, 2.45) is 17.3 Å². The van der Waals surface area contributed by atoms with E-state index in [2.05, 4.69) is 19.2 Å². The van der Waals surface area contributed by atoms with Crippen LogP contribution in [0.1, 0.15) is 33.6 Å². The molecule has 0 aromatic rings. The Balaban J connectivity index is 2.30. The molecule has 0 saturated heterocycles. The van der Waals surface area contributed by atoms with Gasteiger partial charge in [0.2, 0.25) is 5.91 Å². The van der Waals surface area contributed by atoms with Crippen LogP contribution in [0, 0.1) is 17.3 Å². The van der Waals surface area contributed by atoms with Crippen LogP contribution in [0.2, 0.25) is 0 Å². The number of hydrogen-bond acceptors (Lipinski definition) is 2. The van der Waals surface area contributed by atoms with Crippen molar-refractivity contribution in [2.75, 3.05) is 6.54 Å². The molecule has 4 heteroatoms. The molecule has 0 aromatic carbocycles. The lowest BCUT2D eigenvalue weighted by molar-refractivity contribution is -0.141. The predicted molar refractivity (Wildman–Crippen MR) is 56.3 cm³/mol. The van der Waals surface area contributed by atoms with E-state index in [4.69, 9.17) is 5.11 Å². The number of carboxylic acid groups (broad SMARTS) is 1. The first-order chi connectivity index (χ1) is 6.90. The molecule has 3 unspecified atom stereocenters. The van der Waals surface area contributed by atoms with Crippen molar-refractivity contribution in [3.05, 3.63) is 0 Å². The topological polar surface area (TPSA) is 66.4 Å². The molecule has 2 N–H and O–H groups in total. The van der Waals surface area contributed by atoms with Crippen molar-refractivity contribution >= 4 is 11.9 Å². The summed E-state index contributed by atoms with van der Waals surface area (Å²) in [5, 5.41) is 11.3. The van der Waals surface area contributed by atoms with Gasteiger partial charge in [-0.1, -0.05) is 20.8 Å². The molecule has 1 amide bonds. The summed E-state index contributed by atoms with van der Waals surface area (Å²) in [6.07, 6.45) is 1.93. The number of carbonyl (C=O) groups is 2. The van der Waals surface area contributed by atoms with Crippen LogP contribution in [0.4, 0.5) is 0 Å². The minimum atomic E-state index is -0.871. The monoisotopic (exact) mass is 213 g/mol. The number of nitrogens with one attached hydrogen (secondary N) is 1. The Kier molecular flexibility index (Phi) is 3.37. The van der Waals surface area contributed by atoms with E-state index in [0.717, 1.165) is 12.8 Å². The molecular weight excluding hydrogens is 194 g/mol. The Morgan fingerprint density at radius 1 is 1.60 bits per heavy atom. The summed E-state index contributed by atoms with van der Waals surface area (Å²) < 4.78 is 0. The van der Waals surface area contributed by atoms with Gasteiger partial charge in [0, 0.05) is 12.5 Å². The molecule has 0 radical (unpaired) electrons. The summed E-state index contributed by atoms with van der Waals surface area (Å²) in [4.78, 5) is 22.1. The van der Waals surface area contributed by atoms with Gasteiger partial charge in [-0.05, 0) is 18.3 Å². The second-order valence-electron chi connectivity index (χ2n) is 4.75. The second kappa shape index (κ2) is 4.21. The Morgan fingerprint density at radius 3 is 2.60 bits per heavy atom. The van der Waals surface area contributed by atoms with Crippen LogP contribution in [-0.2, 0) is 9.59 Å². The standard InChI is InChI=1S/C11H19NO3/c1-4-11(3)5-8(11)9(13)12-6-7(2)10(14)15/h7-8H,4-6H2,1-3H3,(H,12,13)(H,14,15). The second-order valence-corrected chi connectivity index (χ2v) is 4.75. The number of carboxylic acids is 1. The van der Waals surface area contributed by atoms with Gasteiger partial charge in [0.15, 0.2) is 0 Å². The Morgan fingerprint density at radius 2 is 2.20 bits per heavy atom. The van der Waals surface area contributed by atoms with Crippen LogP contribution in [-0.4, -0.2) is 23.5 Å². The molecule has 86 valence electrons. The van der Waals surface area contributed by atoms with Gasteiger partial charge in [0.1, 0.15) is 0 Å². The highest BCUT2D eigenvalue weighted by atomic mass is 16.4. The molecule has 1 saturated carbocycles. The van der Waals surface area contributed by atoms with E-state index >= 15 is 0 Å². The highest BCUT2D eigenvalue weighted by Crippen LogP contribution is 2.54. The number of carbonyl (C=O) groups excluding carboxylic acids is 1. The van der Waals surface area contributed by atoms with Crippen LogP contribution >= 0.6 is 0 Å². The van der Waals surface area contributed by atoms with E-state index in [1.165, 1.54) is 0 Å². The molecule has 0 bridgehead atoms. The van der Waals surface area contributed by atoms with E-state index in [-0.39, 0.29) is 23.8 Å². The van der Waals surface area contributed by atoms with E-state index in [1.807, 2.05) is 0 Å². The molecule has 1 aliphatic rings. The van der Waals surface area contributed by atoms with Gasteiger partial charge in [-0.3, -0.25) is 9.59 Å². The van der Waals surface area contributed by atoms with Crippen molar-refractivity contribution in [1.82, 2.24) is 5.32 Å². The minimum Gasteiger partial charge on any atom is -0.481 e. The lowest BCUT2D eigenvalue weighted by Gasteiger charge is -2.10. The molecule has 15 heavy (non-hydrogen) atoms. The first-order valence-electron chi connectivity index (χ1n) is 5.41. The summed E-state index contributed by atoms with van der Waals surface area (Å²) in [5.41, 5.74) is 0.149. The van der Waals surface area contributed by atoms with Crippen molar-refractivity contribution in [2.45, 2.75) is 33.6 Å². The molecule has 0 heterocycles. The average molecular weight is 213 g/mol. The van der Waals surface area contributed by atoms with Crippen LogP contribution in [0.15, 0.2) is 0 Å². The highest BCUT2D eigenvalue weighted by Gasteiger charge is 2.52. The van der Waals surface area contributed by atoms with E-state index in [9.17, 15) is 9.59 Å². The quantitative estimate of drug-likeness (QED) is 0.722. The van der Waals surface area contributed by atoms with Crippen molar-refractivity contribution in [1.29, 1.82) is 0 Å². The third-order valence-electron chi connectivity index (χ3n) is 3.48. The zero-order valence-electron chi connectivity index (χ0n) is 9.54. The first-order valence-corrected chi connectivity index (χ1v) is 5.41. The molecule has 1 rings (SSSR count). The third-order valence-corrected chi connectivity index (χ3v) is 3.48. The summed E-state index contributed by atoms with van der Waals surface area (Å²) >= 11 is 0. The van der Waals surface area contributed by atoms with Crippen LogP contribution in [0.3, 0.4) is 0 Å². The number of amides is 1. The van der Waals surface area contributed by atoms with Gasteiger partial charge in [0.25, 0.3) is 0 Å². The van der Waals surface area contributed by atoms with Gasteiger partial charge < -0.3 is 10.4 Å². The fraction of sp³-hybridized carbons (Fsp3) is 0.818. The lowest BCUT2D eigenvalue weighted by Crippen LogP contribution is -2.33. The van der Waals surface area contributed by atoms with Gasteiger partial charge in [-0.15, -0.1) is 0 Å². The Labute approximate surface area is 90.0 Å². The zero-order valence-corrected chi connectivity index (χ0v) is 9.54. The van der Waals surface area contributed by atoms with Gasteiger partial charge in [0.05, 0.1) is 5.92 Å². The third kappa shape index (κ3) is 2.70. The van der Waals surface area contributed by atoms with E-state index in [0.29, 0.717) is 0 Å². The molecule has 0 aromatic heterocycles. The summed E-state index contributed by atoms with van der Waals surface area (Å²) in [6, 6.07) is 0. The van der Waals surface area contributed by atoms with Crippen molar-refractivity contribution in [3.63, 3.8) is 0 Å². The van der Waals surface area contributed by atoms with E-state index < -0.39 is 11.9 Å². The van der Waals surface area contributed by atoms with Crippen molar-refractivity contribution < 1.29 is 14.7 Å². The maximum absolute atomic E-state index is 11.6. The molecule has 4 nitrogen and oxygen atoms in total. The highest BCUT2D eigenvalue weighted by molar-refractivity contribution is 5.83. The molecule has 1 fully saturated rings. The Bertz CT molecular complexity index is 277. The SMILES string of the molecule is CCC1(C)CC1C(=O)NCC(C)C(=O)O. The number of hydrogen-bond donors (Lipinski definition) is 2. The van der Waals surface area contributed by atoms with Crippen LogP contribution < -0.4 is 5.32 Å². The fourth-order valence-electron chi connectivity index (χ4n) is 1.67. The van der Waals surface area contributed by atoms with E-state index in [1.54, 1.807) is 6.92 Å². The largest absolute Gasteiger partial charge is 0.481 e. The first kappa shape index (κ1) is 12.0. The average Bonchev–Trinajstić information content (AvgIpc) is 2.87. The van der Waals surface area contributed by atoms with Gasteiger partial charge in [-0.2, -0.15) is 0 Å². The smallest absolute Gasteiger partial charge is 0.308 e. The van der Waals surface area contributed by atoms with Gasteiger partial charge in [-0.25, -0.2) is 0 Å². The molecule has 0 spiro atoms. The Hall–Kier alpha value is -1.06. The molecule has 3 atom stereocenters. The predicted octanol–water partition coefficient (Wildman–Crippen LogP) is 1.26. The van der Waals surface area contributed by atoms with Gasteiger partial charge >= 0.3 is 5.97 Å². The summed E-state index contributed by atoms with van der Waals surface area (Å²) in [6.45, 7) is 5.99. The zero-order chi connectivity index (χ0) is 11.6. The van der Waals surface area contributed by atoms with Crippen molar-refractivity contribution in [3.8, 4) is 0 Å². The molecule has 1 aliphatic carbocycles.